The Morgan fingerprint density at radius 2 is 1.71 bits per heavy atom. The first-order chi connectivity index (χ1) is 16.6. The van der Waals surface area contributed by atoms with Crippen LogP contribution in [0.5, 0.6) is 5.75 Å². The monoisotopic (exact) mass is 460 g/mol. The van der Waals surface area contributed by atoms with E-state index in [-0.39, 0.29) is 6.42 Å². The number of carboxylic acid groups (broad SMARTS) is 1. The lowest BCUT2D eigenvalue weighted by molar-refractivity contribution is -0.137. The molecule has 0 spiro atoms. The van der Waals surface area contributed by atoms with Crippen molar-refractivity contribution in [2.75, 3.05) is 24.2 Å². The van der Waals surface area contributed by atoms with Crippen molar-refractivity contribution in [3.63, 3.8) is 0 Å². The fraction of sp³-hybridized carbons (Fsp3) is 0.414. The molecule has 3 aliphatic rings. The summed E-state index contributed by atoms with van der Waals surface area (Å²) in [6.45, 7) is 0. The summed E-state index contributed by atoms with van der Waals surface area (Å²) in [5, 5.41) is 13.7. The SMILES string of the molecule is COc1ccc(N(C)N(c2ccccc2)[C@H]2C3C=CC(CC3)[C@@H]2C/C=C/CCCC(=O)O)cc1. The Kier molecular flexibility index (Phi) is 7.94. The number of nitrogens with zero attached hydrogens (tertiary/aromatic N) is 2. The molecule has 1 saturated carbocycles. The van der Waals surface area contributed by atoms with Gasteiger partial charge in [0.25, 0.3) is 0 Å². The minimum absolute atomic E-state index is 0.234. The Balaban J connectivity index is 1.60. The molecule has 0 saturated heterocycles. The molecule has 3 aliphatic carbocycles. The second kappa shape index (κ2) is 11.3. The van der Waals surface area contributed by atoms with Crippen molar-refractivity contribution >= 4 is 17.3 Å². The molecule has 1 N–H and O–H groups in total. The van der Waals surface area contributed by atoms with Crippen LogP contribution in [0.15, 0.2) is 78.9 Å². The fourth-order valence-electron chi connectivity index (χ4n) is 5.54. The first-order valence-electron chi connectivity index (χ1n) is 12.4. The molecule has 5 nitrogen and oxygen atoms in total. The van der Waals surface area contributed by atoms with Gasteiger partial charge >= 0.3 is 5.97 Å². The molecule has 0 amide bonds. The van der Waals surface area contributed by atoms with Gasteiger partial charge in [-0.15, -0.1) is 0 Å². The Labute approximate surface area is 203 Å². The van der Waals surface area contributed by atoms with Crippen molar-refractivity contribution in [2.45, 2.75) is 44.6 Å². The van der Waals surface area contributed by atoms with Gasteiger partial charge in [0.2, 0.25) is 0 Å². The molecule has 180 valence electrons. The Morgan fingerprint density at radius 1 is 1.00 bits per heavy atom. The summed E-state index contributed by atoms with van der Waals surface area (Å²) in [6, 6.07) is 19.3. The number of para-hydroxylation sites is 1. The van der Waals surface area contributed by atoms with E-state index in [4.69, 9.17) is 9.84 Å². The van der Waals surface area contributed by atoms with Crippen LogP contribution in [0.2, 0.25) is 0 Å². The lowest BCUT2D eigenvalue weighted by atomic mass is 9.64. The predicted molar refractivity (Wildman–Crippen MR) is 138 cm³/mol. The van der Waals surface area contributed by atoms with E-state index in [1.54, 1.807) is 7.11 Å². The van der Waals surface area contributed by atoms with Crippen molar-refractivity contribution < 1.29 is 14.6 Å². The molecule has 2 aromatic carbocycles. The van der Waals surface area contributed by atoms with Crippen LogP contribution >= 0.6 is 0 Å². The van der Waals surface area contributed by atoms with E-state index in [9.17, 15) is 4.79 Å². The van der Waals surface area contributed by atoms with E-state index >= 15 is 0 Å². The molecule has 0 aromatic heterocycles. The maximum atomic E-state index is 10.8. The number of unbranched alkanes of at least 4 members (excludes halogenated alkanes) is 1. The minimum atomic E-state index is -0.719. The van der Waals surface area contributed by atoms with Crippen LogP contribution < -0.4 is 14.8 Å². The number of carboxylic acids is 1. The number of methoxy groups -OCH3 is 1. The maximum absolute atomic E-state index is 10.8. The number of allylic oxidation sites excluding steroid dienone is 3. The third-order valence-corrected chi connectivity index (χ3v) is 7.27. The Morgan fingerprint density at radius 3 is 2.35 bits per heavy atom. The number of fused-ring (bicyclic) bond motifs is 2. The van der Waals surface area contributed by atoms with Crippen LogP contribution in [-0.4, -0.2) is 31.3 Å². The van der Waals surface area contributed by atoms with E-state index < -0.39 is 5.97 Å². The average Bonchev–Trinajstić information content (AvgIpc) is 2.88. The Hall–Kier alpha value is -3.21. The van der Waals surface area contributed by atoms with Crippen LogP contribution in [0.1, 0.15) is 38.5 Å². The van der Waals surface area contributed by atoms with Crippen LogP contribution in [0.25, 0.3) is 0 Å². The number of hydrogen-bond donors (Lipinski definition) is 1. The van der Waals surface area contributed by atoms with Crippen LogP contribution in [0.4, 0.5) is 11.4 Å². The molecule has 1 fully saturated rings. The van der Waals surface area contributed by atoms with Crippen molar-refractivity contribution in [3.05, 3.63) is 78.9 Å². The van der Waals surface area contributed by atoms with Gasteiger partial charge < -0.3 is 9.84 Å². The van der Waals surface area contributed by atoms with E-state index in [0.717, 1.165) is 24.3 Å². The fourth-order valence-corrected chi connectivity index (χ4v) is 5.54. The number of aliphatic carboxylic acids is 1. The van der Waals surface area contributed by atoms with Crippen LogP contribution in [0.3, 0.4) is 0 Å². The van der Waals surface area contributed by atoms with Crippen LogP contribution in [-0.2, 0) is 4.79 Å². The standard InChI is InChI=1S/C29H36N2O3/c1-30(24-18-20-26(34-2)21-19-24)31(25-10-6-5-7-11-25)29-23-16-14-22(15-17-23)27(29)12-8-3-4-9-13-28(32)33/h3,5-8,10-11,14,16,18-23,27,29H,4,9,12-13,15,17H2,1-2H3,(H,32,33)/b8-3+/t22?,23?,27-,29-/m0/s1. The first kappa shape index (κ1) is 23.9. The molecule has 2 aromatic rings. The molecule has 4 atom stereocenters. The zero-order valence-corrected chi connectivity index (χ0v) is 20.2. The van der Waals surface area contributed by atoms with Crippen molar-refractivity contribution in [1.29, 1.82) is 0 Å². The summed E-state index contributed by atoms with van der Waals surface area (Å²) in [5.41, 5.74) is 2.32. The van der Waals surface area contributed by atoms with Gasteiger partial charge in [-0.1, -0.05) is 42.5 Å². The van der Waals surface area contributed by atoms with Gasteiger partial charge in [-0.25, -0.2) is 0 Å². The van der Waals surface area contributed by atoms with Gasteiger partial charge in [0.05, 0.1) is 24.5 Å². The van der Waals surface area contributed by atoms with Gasteiger partial charge in [0.15, 0.2) is 0 Å². The summed E-state index contributed by atoms with van der Waals surface area (Å²) in [4.78, 5) is 10.8. The number of anilines is 2. The van der Waals surface area contributed by atoms with Gasteiger partial charge in [-0.2, -0.15) is 0 Å². The largest absolute Gasteiger partial charge is 0.497 e. The summed E-state index contributed by atoms with van der Waals surface area (Å²) < 4.78 is 5.37. The molecule has 0 radical (unpaired) electrons. The first-order valence-corrected chi connectivity index (χ1v) is 12.4. The summed E-state index contributed by atoms with van der Waals surface area (Å²) >= 11 is 0. The molecular weight excluding hydrogens is 424 g/mol. The van der Waals surface area contributed by atoms with Crippen molar-refractivity contribution in [1.82, 2.24) is 0 Å². The van der Waals surface area contributed by atoms with E-state index in [0.29, 0.717) is 30.2 Å². The van der Waals surface area contributed by atoms with Gasteiger partial charge in [0.1, 0.15) is 5.75 Å². The molecule has 0 aliphatic heterocycles. The summed E-state index contributed by atoms with van der Waals surface area (Å²) in [6.07, 6.45) is 14.5. The average molecular weight is 461 g/mol. The molecular formula is C29H36N2O3. The molecule has 34 heavy (non-hydrogen) atoms. The number of rotatable bonds is 11. The topological polar surface area (TPSA) is 53.0 Å². The maximum Gasteiger partial charge on any atom is 0.303 e. The highest BCUT2D eigenvalue weighted by atomic mass is 16.5. The van der Waals surface area contributed by atoms with E-state index in [1.807, 2.05) is 12.1 Å². The van der Waals surface area contributed by atoms with Crippen LogP contribution in [0, 0.1) is 17.8 Å². The third kappa shape index (κ3) is 5.46. The number of hydrogen-bond acceptors (Lipinski definition) is 4. The quantitative estimate of drug-likeness (QED) is 0.241. The number of benzene rings is 2. The second-order valence-corrected chi connectivity index (χ2v) is 9.34. The van der Waals surface area contributed by atoms with Crippen molar-refractivity contribution in [3.8, 4) is 5.75 Å². The smallest absolute Gasteiger partial charge is 0.303 e. The lowest BCUT2D eigenvalue weighted by Crippen LogP contribution is -2.57. The highest BCUT2D eigenvalue weighted by molar-refractivity contribution is 5.66. The lowest BCUT2D eigenvalue weighted by Gasteiger charge is -2.53. The van der Waals surface area contributed by atoms with Crippen molar-refractivity contribution in [2.24, 2.45) is 17.8 Å². The Bertz CT molecular complexity index is 986. The highest BCUT2D eigenvalue weighted by Crippen LogP contribution is 2.46. The predicted octanol–water partition coefficient (Wildman–Crippen LogP) is 6.34. The number of carbonyl (C=O) groups is 1. The minimum Gasteiger partial charge on any atom is -0.497 e. The van der Waals surface area contributed by atoms with Gasteiger partial charge in [-0.05, 0) is 86.3 Å². The van der Waals surface area contributed by atoms with Gasteiger partial charge in [0, 0.05) is 13.5 Å². The molecule has 0 heterocycles. The normalized spacial score (nSPS) is 23.2. The number of hydrazine groups is 1. The molecule has 5 heteroatoms. The van der Waals surface area contributed by atoms with Gasteiger partial charge in [-0.3, -0.25) is 14.8 Å². The molecule has 5 rings (SSSR count). The molecule has 2 unspecified atom stereocenters. The highest BCUT2D eigenvalue weighted by Gasteiger charge is 2.44. The van der Waals surface area contributed by atoms with E-state index in [2.05, 4.69) is 83.8 Å². The second-order valence-electron chi connectivity index (χ2n) is 9.34. The van der Waals surface area contributed by atoms with E-state index in [1.165, 1.54) is 18.5 Å². The number of ether oxygens (including phenoxy) is 1. The molecule has 2 bridgehead atoms. The third-order valence-electron chi connectivity index (χ3n) is 7.27. The zero-order chi connectivity index (χ0) is 23.9. The zero-order valence-electron chi connectivity index (χ0n) is 20.2. The summed E-state index contributed by atoms with van der Waals surface area (Å²) in [7, 11) is 3.85. The summed E-state index contributed by atoms with van der Waals surface area (Å²) in [5.74, 6) is 1.70.